The van der Waals surface area contributed by atoms with Gasteiger partial charge in [-0.05, 0) is 41.7 Å². The first-order chi connectivity index (χ1) is 12.7. The minimum Gasteiger partial charge on any atom is -0.335 e. The van der Waals surface area contributed by atoms with E-state index in [1.54, 1.807) is 0 Å². The average Bonchev–Trinajstić information content (AvgIpc) is 3.05. The van der Waals surface area contributed by atoms with Crippen LogP contribution in [0.4, 0.5) is 5.69 Å². The van der Waals surface area contributed by atoms with Gasteiger partial charge in [0, 0.05) is 11.1 Å². The first-order valence-corrected chi connectivity index (χ1v) is 9.73. The maximum Gasteiger partial charge on any atom is 0.241 e. The molecule has 2 heterocycles. The molecule has 0 aliphatic carbocycles. The Morgan fingerprint density at radius 3 is 2.48 bits per heavy atom. The summed E-state index contributed by atoms with van der Waals surface area (Å²) in [5.74, 6) is 0.604. The third-order valence-electron chi connectivity index (χ3n) is 6.25. The van der Waals surface area contributed by atoms with Crippen LogP contribution in [-0.2, 0) is 10.2 Å². The Balaban J connectivity index is 1.76. The van der Waals surface area contributed by atoms with Gasteiger partial charge in [0.2, 0.25) is 5.91 Å². The number of fused-ring (bicyclic) bond motifs is 3. The van der Waals surface area contributed by atoms with Gasteiger partial charge >= 0.3 is 0 Å². The Morgan fingerprint density at radius 1 is 1.11 bits per heavy atom. The number of carbonyl (C=O) groups excluding carboxylic acids is 1. The summed E-state index contributed by atoms with van der Waals surface area (Å²) in [6.07, 6.45) is 4.32. The minimum absolute atomic E-state index is 0.0779. The molecule has 1 atom stereocenters. The fraction of sp³-hybridized carbons (Fsp3) is 0.375. The number of rotatable bonds is 3. The van der Waals surface area contributed by atoms with Gasteiger partial charge in [-0.25, -0.2) is 0 Å². The first-order valence-electron chi connectivity index (χ1n) is 9.73. The number of amides is 1. The Bertz CT molecular complexity index is 924. The number of hydrogen-bond acceptors (Lipinski definition) is 2. The standard InChI is InChI=1S/C24H28N2O/c1-16(2)19-9-7-18(8-10-19)12-13-24-23(4,5)20-14-17(3)6-11-21(20)26(24)15-22(27)25-24/h6-14,16H,15H2,1-5H3,(H,25,27)/t24-/m0/s1. The Kier molecular flexibility index (Phi) is 3.95. The van der Waals surface area contributed by atoms with Crippen LogP contribution in [0.25, 0.3) is 6.08 Å². The van der Waals surface area contributed by atoms with E-state index in [1.807, 2.05) is 0 Å². The summed E-state index contributed by atoms with van der Waals surface area (Å²) in [6, 6.07) is 15.2. The van der Waals surface area contributed by atoms with Gasteiger partial charge in [-0.2, -0.15) is 0 Å². The van der Waals surface area contributed by atoms with Crippen LogP contribution in [0, 0.1) is 6.92 Å². The molecule has 2 aromatic carbocycles. The predicted octanol–water partition coefficient (Wildman–Crippen LogP) is 4.76. The van der Waals surface area contributed by atoms with Crippen molar-refractivity contribution in [3.05, 3.63) is 70.8 Å². The maximum atomic E-state index is 12.4. The van der Waals surface area contributed by atoms with E-state index in [4.69, 9.17) is 0 Å². The van der Waals surface area contributed by atoms with Crippen molar-refractivity contribution in [3.63, 3.8) is 0 Å². The predicted molar refractivity (Wildman–Crippen MR) is 112 cm³/mol. The quantitative estimate of drug-likeness (QED) is 0.856. The van der Waals surface area contributed by atoms with Crippen molar-refractivity contribution >= 4 is 17.7 Å². The summed E-state index contributed by atoms with van der Waals surface area (Å²) in [6.45, 7) is 11.4. The molecule has 2 aromatic rings. The molecule has 27 heavy (non-hydrogen) atoms. The van der Waals surface area contributed by atoms with Gasteiger partial charge < -0.3 is 10.2 Å². The van der Waals surface area contributed by atoms with E-state index in [-0.39, 0.29) is 11.3 Å². The van der Waals surface area contributed by atoms with E-state index in [0.29, 0.717) is 12.5 Å². The number of nitrogens with one attached hydrogen (secondary N) is 1. The van der Waals surface area contributed by atoms with E-state index < -0.39 is 5.66 Å². The van der Waals surface area contributed by atoms with Crippen molar-refractivity contribution in [3.8, 4) is 0 Å². The molecule has 4 rings (SSSR count). The monoisotopic (exact) mass is 360 g/mol. The van der Waals surface area contributed by atoms with Crippen molar-refractivity contribution in [2.24, 2.45) is 0 Å². The Hall–Kier alpha value is -2.55. The molecule has 0 saturated carbocycles. The zero-order valence-electron chi connectivity index (χ0n) is 16.8. The zero-order valence-corrected chi connectivity index (χ0v) is 16.8. The van der Waals surface area contributed by atoms with E-state index >= 15 is 0 Å². The highest BCUT2D eigenvalue weighted by molar-refractivity contribution is 5.91. The van der Waals surface area contributed by atoms with E-state index in [2.05, 4.69) is 99.5 Å². The summed E-state index contributed by atoms with van der Waals surface area (Å²) in [5.41, 5.74) is 5.43. The molecule has 2 aliphatic heterocycles. The molecule has 2 aliphatic rings. The van der Waals surface area contributed by atoms with Crippen molar-refractivity contribution in [2.45, 2.75) is 51.6 Å². The molecule has 1 saturated heterocycles. The molecule has 0 unspecified atom stereocenters. The van der Waals surface area contributed by atoms with Gasteiger partial charge in [-0.3, -0.25) is 4.79 Å². The van der Waals surface area contributed by atoms with E-state index in [0.717, 1.165) is 11.3 Å². The molecule has 140 valence electrons. The highest BCUT2D eigenvalue weighted by Crippen LogP contribution is 2.53. The summed E-state index contributed by atoms with van der Waals surface area (Å²) in [5, 5.41) is 3.29. The average molecular weight is 361 g/mol. The molecular weight excluding hydrogens is 332 g/mol. The van der Waals surface area contributed by atoms with E-state index in [9.17, 15) is 4.79 Å². The lowest BCUT2D eigenvalue weighted by Crippen LogP contribution is -2.58. The topological polar surface area (TPSA) is 32.3 Å². The highest BCUT2D eigenvalue weighted by Gasteiger charge is 2.59. The van der Waals surface area contributed by atoms with E-state index in [1.165, 1.54) is 16.7 Å². The summed E-state index contributed by atoms with van der Waals surface area (Å²) in [7, 11) is 0. The number of aryl methyl sites for hydroxylation is 1. The molecule has 0 aromatic heterocycles. The van der Waals surface area contributed by atoms with Crippen LogP contribution in [-0.4, -0.2) is 18.1 Å². The largest absolute Gasteiger partial charge is 0.335 e. The number of carbonyl (C=O) groups is 1. The fourth-order valence-electron chi connectivity index (χ4n) is 4.50. The van der Waals surface area contributed by atoms with Gasteiger partial charge in [0.25, 0.3) is 0 Å². The lowest BCUT2D eigenvalue weighted by Gasteiger charge is -2.40. The number of nitrogens with zero attached hydrogens (tertiary/aromatic N) is 1. The van der Waals surface area contributed by atoms with Crippen LogP contribution in [0.3, 0.4) is 0 Å². The lowest BCUT2D eigenvalue weighted by molar-refractivity contribution is -0.118. The van der Waals surface area contributed by atoms with Crippen molar-refractivity contribution < 1.29 is 4.79 Å². The van der Waals surface area contributed by atoms with Crippen molar-refractivity contribution in [1.29, 1.82) is 0 Å². The normalized spacial score (nSPS) is 23.0. The second-order valence-corrected chi connectivity index (χ2v) is 8.70. The maximum absolute atomic E-state index is 12.4. The number of hydrogen-bond donors (Lipinski definition) is 1. The highest BCUT2D eigenvalue weighted by atomic mass is 16.2. The second-order valence-electron chi connectivity index (χ2n) is 8.70. The van der Waals surface area contributed by atoms with Crippen LogP contribution < -0.4 is 10.2 Å². The fourth-order valence-corrected chi connectivity index (χ4v) is 4.50. The molecule has 3 heteroatoms. The molecule has 1 amide bonds. The van der Waals surface area contributed by atoms with Gasteiger partial charge in [-0.15, -0.1) is 0 Å². The Morgan fingerprint density at radius 2 is 1.81 bits per heavy atom. The first kappa shape index (κ1) is 17.8. The van der Waals surface area contributed by atoms with Crippen LogP contribution in [0.2, 0.25) is 0 Å². The molecule has 1 fully saturated rings. The third kappa shape index (κ3) is 2.60. The van der Waals surface area contributed by atoms with Crippen LogP contribution >= 0.6 is 0 Å². The molecule has 3 nitrogen and oxygen atoms in total. The molecule has 1 N–H and O–H groups in total. The smallest absolute Gasteiger partial charge is 0.241 e. The molecule has 0 bridgehead atoms. The summed E-state index contributed by atoms with van der Waals surface area (Å²) >= 11 is 0. The van der Waals surface area contributed by atoms with Crippen LogP contribution in [0.1, 0.15) is 55.9 Å². The molecule has 0 radical (unpaired) electrons. The van der Waals surface area contributed by atoms with Gasteiger partial charge in [0.05, 0.1) is 6.54 Å². The summed E-state index contributed by atoms with van der Waals surface area (Å²) in [4.78, 5) is 14.6. The van der Waals surface area contributed by atoms with Crippen LogP contribution in [0.15, 0.2) is 48.5 Å². The minimum atomic E-state index is -0.531. The lowest BCUT2D eigenvalue weighted by atomic mass is 9.75. The molecular formula is C24H28N2O. The number of benzene rings is 2. The Labute approximate surface area is 162 Å². The van der Waals surface area contributed by atoms with Crippen molar-refractivity contribution in [2.75, 3.05) is 11.4 Å². The SMILES string of the molecule is Cc1ccc2c(c1)C(C)(C)[C@@]1(C=Cc3ccc(C(C)C)cc3)NC(=O)CN21. The molecule has 0 spiro atoms. The van der Waals surface area contributed by atoms with Crippen molar-refractivity contribution in [1.82, 2.24) is 5.32 Å². The van der Waals surface area contributed by atoms with Gasteiger partial charge in [-0.1, -0.05) is 75.7 Å². The number of anilines is 1. The second kappa shape index (κ2) is 5.98. The third-order valence-corrected chi connectivity index (χ3v) is 6.25. The summed E-state index contributed by atoms with van der Waals surface area (Å²) < 4.78 is 0. The van der Waals surface area contributed by atoms with Gasteiger partial charge in [0.15, 0.2) is 0 Å². The van der Waals surface area contributed by atoms with Gasteiger partial charge in [0.1, 0.15) is 5.66 Å². The zero-order chi connectivity index (χ0) is 19.4. The van der Waals surface area contributed by atoms with Crippen LogP contribution in [0.5, 0.6) is 0 Å².